The van der Waals surface area contributed by atoms with Crippen LogP contribution in [0.4, 0.5) is 0 Å². The fourth-order valence-electron chi connectivity index (χ4n) is 6.77. The molecule has 2 heterocycles. The molecule has 154 valence electrons. The van der Waals surface area contributed by atoms with Gasteiger partial charge >= 0.3 is 0 Å². The number of carbonyl (C=O) groups excluding carboxylic acids is 1. The van der Waals surface area contributed by atoms with Gasteiger partial charge in [-0.1, -0.05) is 13.3 Å². The minimum atomic E-state index is -0.625. The Bertz CT molecular complexity index is 916. The van der Waals surface area contributed by atoms with Gasteiger partial charge in [-0.15, -0.1) is 11.3 Å². The number of amides is 1. The number of hydrogen-bond acceptors (Lipinski definition) is 5. The summed E-state index contributed by atoms with van der Waals surface area (Å²) in [6.07, 6.45) is 10.9. The molecular formula is C23H29N3O2S. The second-order valence-corrected chi connectivity index (χ2v) is 10.6. The topological polar surface area (TPSA) is 75.1 Å². The normalized spacial score (nSPS) is 35.0. The molecule has 6 rings (SSSR count). The zero-order chi connectivity index (χ0) is 20.1. The highest BCUT2D eigenvalue weighted by Crippen LogP contribution is 2.67. The van der Waals surface area contributed by atoms with E-state index in [0.29, 0.717) is 18.9 Å². The van der Waals surface area contributed by atoms with Gasteiger partial charge in [0.25, 0.3) is 0 Å². The van der Waals surface area contributed by atoms with E-state index >= 15 is 0 Å². The number of nitrogens with one attached hydrogen (secondary N) is 1. The highest BCUT2D eigenvalue weighted by Gasteiger charge is 2.64. The Morgan fingerprint density at radius 2 is 2.21 bits per heavy atom. The molecule has 0 spiro atoms. The molecule has 1 amide bonds. The molecule has 4 aliphatic rings. The van der Waals surface area contributed by atoms with E-state index in [1.54, 1.807) is 17.5 Å². The number of thiazole rings is 1. The molecule has 4 fully saturated rings. The van der Waals surface area contributed by atoms with E-state index in [0.717, 1.165) is 54.8 Å². The van der Waals surface area contributed by atoms with Crippen LogP contribution in [0.2, 0.25) is 0 Å². The van der Waals surface area contributed by atoms with E-state index in [9.17, 15) is 9.90 Å². The van der Waals surface area contributed by atoms with Crippen molar-refractivity contribution in [3.63, 3.8) is 0 Å². The van der Waals surface area contributed by atoms with Crippen LogP contribution in [-0.2, 0) is 11.2 Å². The van der Waals surface area contributed by atoms with Crippen LogP contribution in [0.1, 0.15) is 57.6 Å². The first-order valence-electron chi connectivity index (χ1n) is 10.8. The van der Waals surface area contributed by atoms with E-state index in [-0.39, 0.29) is 16.7 Å². The van der Waals surface area contributed by atoms with Crippen molar-refractivity contribution < 1.29 is 9.90 Å². The summed E-state index contributed by atoms with van der Waals surface area (Å²) in [5, 5.41) is 17.4. The summed E-state index contributed by atoms with van der Waals surface area (Å²) in [5.41, 5.74) is 1.20. The number of hydrogen-bond donors (Lipinski definition) is 2. The third-order valence-corrected chi connectivity index (χ3v) is 8.45. The van der Waals surface area contributed by atoms with Gasteiger partial charge in [-0.05, 0) is 62.0 Å². The van der Waals surface area contributed by atoms with E-state index in [4.69, 9.17) is 4.98 Å². The number of aliphatic hydroxyl groups is 1. The monoisotopic (exact) mass is 411 g/mol. The van der Waals surface area contributed by atoms with Crippen molar-refractivity contribution in [2.24, 2.45) is 16.7 Å². The molecule has 0 radical (unpaired) electrons. The molecule has 4 bridgehead atoms. The van der Waals surface area contributed by atoms with Gasteiger partial charge in [-0.25, -0.2) is 4.98 Å². The molecule has 4 atom stereocenters. The predicted molar refractivity (Wildman–Crippen MR) is 113 cm³/mol. The second kappa shape index (κ2) is 6.88. The molecular weight excluding hydrogens is 382 g/mol. The first-order chi connectivity index (χ1) is 13.9. The molecule has 4 aliphatic carbocycles. The lowest BCUT2D eigenvalue weighted by molar-refractivity contribution is -0.204. The van der Waals surface area contributed by atoms with Crippen molar-refractivity contribution in [2.75, 3.05) is 6.54 Å². The van der Waals surface area contributed by atoms with Crippen molar-refractivity contribution in [3.05, 3.63) is 35.6 Å². The number of pyridine rings is 1. The average molecular weight is 412 g/mol. The lowest BCUT2D eigenvalue weighted by atomic mass is 9.42. The third kappa shape index (κ3) is 3.40. The second-order valence-electron chi connectivity index (χ2n) is 9.76. The number of aromatic nitrogens is 2. The van der Waals surface area contributed by atoms with Crippen LogP contribution in [0.5, 0.6) is 0 Å². The lowest BCUT2D eigenvalue weighted by Crippen LogP contribution is -2.63. The highest BCUT2D eigenvalue weighted by molar-refractivity contribution is 7.13. The highest BCUT2D eigenvalue weighted by atomic mass is 32.1. The Kier molecular flexibility index (Phi) is 4.55. The molecule has 4 unspecified atom stereocenters. The van der Waals surface area contributed by atoms with E-state index in [1.807, 2.05) is 18.3 Å². The van der Waals surface area contributed by atoms with Gasteiger partial charge in [0.05, 0.1) is 16.7 Å². The molecule has 5 nitrogen and oxygen atoms in total. The summed E-state index contributed by atoms with van der Waals surface area (Å²) < 4.78 is 0. The zero-order valence-electron chi connectivity index (χ0n) is 17.0. The van der Waals surface area contributed by atoms with Gasteiger partial charge in [0, 0.05) is 36.3 Å². The van der Waals surface area contributed by atoms with Crippen LogP contribution in [0.3, 0.4) is 0 Å². The smallest absolute Gasteiger partial charge is 0.226 e. The van der Waals surface area contributed by atoms with Crippen molar-refractivity contribution in [3.8, 4) is 10.6 Å². The summed E-state index contributed by atoms with van der Waals surface area (Å²) in [4.78, 5) is 22.1. The first kappa shape index (κ1) is 19.2. The zero-order valence-corrected chi connectivity index (χ0v) is 17.8. The maximum atomic E-state index is 13.3. The van der Waals surface area contributed by atoms with E-state index in [2.05, 4.69) is 22.6 Å². The van der Waals surface area contributed by atoms with Crippen molar-refractivity contribution >= 4 is 17.2 Å². The predicted octanol–water partition coefficient (Wildman–Crippen LogP) is 3.98. The molecule has 6 heteroatoms. The summed E-state index contributed by atoms with van der Waals surface area (Å²) in [6, 6.07) is 3.93. The van der Waals surface area contributed by atoms with Crippen LogP contribution in [-0.4, -0.2) is 33.1 Å². The molecule has 0 aliphatic heterocycles. The quantitative estimate of drug-likeness (QED) is 0.754. The van der Waals surface area contributed by atoms with Crippen LogP contribution in [0, 0.1) is 16.7 Å². The van der Waals surface area contributed by atoms with Crippen LogP contribution >= 0.6 is 11.3 Å². The fraction of sp³-hybridized carbons (Fsp3) is 0.609. The Morgan fingerprint density at radius 3 is 2.97 bits per heavy atom. The minimum Gasteiger partial charge on any atom is -0.390 e. The van der Waals surface area contributed by atoms with Crippen molar-refractivity contribution in [1.29, 1.82) is 0 Å². The molecule has 2 aromatic heterocycles. The molecule has 29 heavy (non-hydrogen) atoms. The minimum absolute atomic E-state index is 0.153. The summed E-state index contributed by atoms with van der Waals surface area (Å²) >= 11 is 1.61. The maximum Gasteiger partial charge on any atom is 0.226 e. The van der Waals surface area contributed by atoms with E-state index < -0.39 is 5.60 Å². The summed E-state index contributed by atoms with van der Waals surface area (Å²) in [6.45, 7) is 2.82. The first-order valence-corrected chi connectivity index (χ1v) is 11.7. The summed E-state index contributed by atoms with van der Waals surface area (Å²) in [7, 11) is 0. The maximum absolute atomic E-state index is 13.3. The van der Waals surface area contributed by atoms with Gasteiger partial charge in [-0.2, -0.15) is 0 Å². The molecule has 0 saturated heterocycles. The Balaban J connectivity index is 1.23. The Labute approximate surface area is 176 Å². The SMILES string of the molecule is CCC12CC3CC(O)(C1)CC(C(=O)NCCc1csc(-c4cccnc4)n1)(C3)C2. The Morgan fingerprint density at radius 1 is 1.31 bits per heavy atom. The lowest BCUT2D eigenvalue weighted by Gasteiger charge is -2.64. The largest absolute Gasteiger partial charge is 0.390 e. The number of rotatable bonds is 6. The van der Waals surface area contributed by atoms with Gasteiger partial charge in [-0.3, -0.25) is 9.78 Å². The van der Waals surface area contributed by atoms with Gasteiger partial charge < -0.3 is 10.4 Å². The third-order valence-electron chi connectivity index (χ3n) is 7.51. The van der Waals surface area contributed by atoms with Crippen molar-refractivity contribution in [1.82, 2.24) is 15.3 Å². The average Bonchev–Trinajstić information content (AvgIpc) is 3.16. The van der Waals surface area contributed by atoms with Crippen LogP contribution in [0.15, 0.2) is 29.9 Å². The van der Waals surface area contributed by atoms with Crippen LogP contribution in [0.25, 0.3) is 10.6 Å². The number of nitrogens with zero attached hydrogens (tertiary/aromatic N) is 2. The van der Waals surface area contributed by atoms with Gasteiger partial charge in [0.1, 0.15) is 5.01 Å². The van der Waals surface area contributed by atoms with Gasteiger partial charge in [0.2, 0.25) is 5.91 Å². The van der Waals surface area contributed by atoms with E-state index in [1.165, 1.54) is 6.42 Å². The molecule has 4 saturated carbocycles. The van der Waals surface area contributed by atoms with Crippen molar-refractivity contribution in [2.45, 2.75) is 63.9 Å². The standard InChI is InChI=1S/C23H29N3O2S/c1-2-21-8-16-9-22(13-21,15-23(28,10-16)14-21)20(27)25-7-5-18-12-29-19(26-18)17-4-3-6-24-11-17/h3-4,6,11-12,16,28H,2,5,7-10,13-15H2,1H3,(H,25,27). The molecule has 2 aromatic rings. The Hall–Kier alpha value is -1.79. The molecule has 0 aromatic carbocycles. The fourth-order valence-corrected chi connectivity index (χ4v) is 7.61. The number of carbonyl (C=O) groups is 1. The van der Waals surface area contributed by atoms with Gasteiger partial charge in [0.15, 0.2) is 0 Å². The summed E-state index contributed by atoms with van der Waals surface area (Å²) in [5.74, 6) is 0.656. The van der Waals surface area contributed by atoms with Crippen LogP contribution < -0.4 is 5.32 Å². The molecule has 2 N–H and O–H groups in total.